The Morgan fingerprint density at radius 2 is 1.81 bits per heavy atom. The van der Waals surface area contributed by atoms with Crippen molar-refractivity contribution in [3.05, 3.63) is 0 Å². The molecule has 1 heterocycles. The molecule has 1 nitrogen and oxygen atoms in total. The van der Waals surface area contributed by atoms with Crippen molar-refractivity contribution in [3.8, 4) is 0 Å². The summed E-state index contributed by atoms with van der Waals surface area (Å²) in [7, 11) is 0. The quantitative estimate of drug-likeness (QED) is 0.691. The van der Waals surface area contributed by atoms with Crippen molar-refractivity contribution in [2.75, 3.05) is 13.1 Å². The zero-order valence-corrected chi connectivity index (χ0v) is 12.3. The van der Waals surface area contributed by atoms with E-state index >= 15 is 0 Å². The molecule has 0 aliphatic carbocycles. The number of unbranched alkanes of at least 4 members (excludes halogenated alkanes) is 1. The third-order valence-electron chi connectivity index (χ3n) is 4.69. The highest BCUT2D eigenvalue weighted by Gasteiger charge is 2.39. The molecule has 0 bridgehead atoms. The molecule has 0 saturated carbocycles. The monoisotopic (exact) mass is 225 g/mol. The molecular weight excluding hydrogens is 194 g/mol. The van der Waals surface area contributed by atoms with Gasteiger partial charge in [-0.05, 0) is 57.5 Å². The maximum absolute atomic E-state index is 2.72. The third-order valence-corrected chi connectivity index (χ3v) is 4.69. The predicted molar refractivity (Wildman–Crippen MR) is 72.7 cm³/mol. The highest BCUT2D eigenvalue weighted by molar-refractivity contribution is 4.93. The number of rotatable bonds is 3. The van der Waals surface area contributed by atoms with Gasteiger partial charge in [0.1, 0.15) is 0 Å². The van der Waals surface area contributed by atoms with E-state index in [2.05, 4.69) is 46.4 Å². The van der Waals surface area contributed by atoms with Gasteiger partial charge in [-0.2, -0.15) is 0 Å². The molecule has 0 N–H and O–H groups in total. The first-order valence-corrected chi connectivity index (χ1v) is 7.04. The summed E-state index contributed by atoms with van der Waals surface area (Å²) in [6, 6.07) is 0. The topological polar surface area (TPSA) is 3.24 Å². The predicted octanol–water partition coefficient (Wildman–Crippen LogP) is 4.32. The molecule has 1 fully saturated rings. The van der Waals surface area contributed by atoms with E-state index < -0.39 is 0 Å². The van der Waals surface area contributed by atoms with Crippen LogP contribution in [0.5, 0.6) is 0 Å². The van der Waals surface area contributed by atoms with Gasteiger partial charge in [0, 0.05) is 5.54 Å². The van der Waals surface area contributed by atoms with E-state index in [1.54, 1.807) is 0 Å². The van der Waals surface area contributed by atoms with Gasteiger partial charge in [-0.3, -0.25) is 4.90 Å². The first-order chi connectivity index (χ1) is 7.29. The van der Waals surface area contributed by atoms with Crippen molar-refractivity contribution < 1.29 is 0 Å². The first-order valence-electron chi connectivity index (χ1n) is 7.04. The summed E-state index contributed by atoms with van der Waals surface area (Å²) in [5.41, 5.74) is 0.869. The zero-order chi connectivity index (χ0) is 12.4. The van der Waals surface area contributed by atoms with Crippen molar-refractivity contribution in [1.82, 2.24) is 4.90 Å². The normalized spacial score (nSPS) is 30.0. The molecule has 1 aliphatic heterocycles. The van der Waals surface area contributed by atoms with Crippen LogP contribution in [0, 0.1) is 11.3 Å². The van der Waals surface area contributed by atoms with E-state index in [-0.39, 0.29) is 0 Å². The van der Waals surface area contributed by atoms with Crippen molar-refractivity contribution in [2.45, 2.75) is 72.8 Å². The van der Waals surface area contributed by atoms with E-state index in [0.29, 0.717) is 11.0 Å². The van der Waals surface area contributed by atoms with Crippen LogP contribution in [0.15, 0.2) is 0 Å². The smallest absolute Gasteiger partial charge is 0.0158 e. The first kappa shape index (κ1) is 14.0. The van der Waals surface area contributed by atoms with Gasteiger partial charge in [0.05, 0.1) is 0 Å². The molecule has 16 heavy (non-hydrogen) atoms. The van der Waals surface area contributed by atoms with Crippen LogP contribution in [0.4, 0.5) is 0 Å². The number of hydrogen-bond donors (Lipinski definition) is 0. The highest BCUT2D eigenvalue weighted by Crippen LogP contribution is 2.42. The largest absolute Gasteiger partial charge is 0.298 e. The van der Waals surface area contributed by atoms with Crippen molar-refractivity contribution >= 4 is 0 Å². The Morgan fingerprint density at radius 1 is 1.19 bits per heavy atom. The lowest BCUT2D eigenvalue weighted by atomic mass is 9.72. The van der Waals surface area contributed by atoms with Gasteiger partial charge < -0.3 is 0 Å². The van der Waals surface area contributed by atoms with Crippen molar-refractivity contribution in [2.24, 2.45) is 11.3 Å². The van der Waals surface area contributed by atoms with Crippen LogP contribution in [0.25, 0.3) is 0 Å². The average Bonchev–Trinajstić information content (AvgIpc) is 2.21. The van der Waals surface area contributed by atoms with Crippen LogP contribution in [-0.4, -0.2) is 23.5 Å². The van der Waals surface area contributed by atoms with Crippen LogP contribution >= 0.6 is 0 Å². The van der Waals surface area contributed by atoms with Gasteiger partial charge in [-0.15, -0.1) is 0 Å². The lowest BCUT2D eigenvalue weighted by molar-refractivity contribution is 0.0907. The minimum Gasteiger partial charge on any atom is -0.298 e. The minimum atomic E-state index is 0.378. The molecule has 1 aliphatic rings. The molecular formula is C15H31N. The van der Waals surface area contributed by atoms with Crippen LogP contribution < -0.4 is 0 Å². The summed E-state index contributed by atoms with van der Waals surface area (Å²) in [4.78, 5) is 2.72. The Hall–Kier alpha value is -0.0400. The van der Waals surface area contributed by atoms with Crippen LogP contribution in [0.1, 0.15) is 67.2 Å². The van der Waals surface area contributed by atoms with E-state index in [1.165, 1.54) is 38.8 Å². The molecule has 1 heteroatoms. The summed E-state index contributed by atoms with van der Waals surface area (Å²) in [6.07, 6.45) is 5.34. The number of nitrogens with zero attached hydrogens (tertiary/aromatic N) is 1. The Kier molecular flexibility index (Phi) is 4.45. The van der Waals surface area contributed by atoms with Gasteiger partial charge in [0.15, 0.2) is 0 Å². The molecule has 0 aromatic heterocycles. The fraction of sp³-hybridized carbons (Fsp3) is 1.00. The molecule has 0 spiro atoms. The van der Waals surface area contributed by atoms with Gasteiger partial charge in [0.25, 0.3) is 0 Å². The van der Waals surface area contributed by atoms with Crippen molar-refractivity contribution in [3.63, 3.8) is 0 Å². The second-order valence-corrected chi connectivity index (χ2v) is 7.01. The molecule has 96 valence electrons. The van der Waals surface area contributed by atoms with Gasteiger partial charge in [-0.1, -0.05) is 34.1 Å². The summed E-state index contributed by atoms with van der Waals surface area (Å²) < 4.78 is 0. The Morgan fingerprint density at radius 3 is 2.38 bits per heavy atom. The Bertz CT molecular complexity index is 217. The van der Waals surface area contributed by atoms with Crippen molar-refractivity contribution in [1.29, 1.82) is 0 Å². The minimum absolute atomic E-state index is 0.378. The molecule has 0 aromatic rings. The summed E-state index contributed by atoms with van der Waals surface area (Å²) in [5, 5.41) is 0. The lowest BCUT2D eigenvalue weighted by Gasteiger charge is -2.41. The SMILES string of the molecule is CCCCN1CCC(C)C(C)(C)CC1(C)C. The van der Waals surface area contributed by atoms with Gasteiger partial charge in [-0.25, -0.2) is 0 Å². The fourth-order valence-electron chi connectivity index (χ4n) is 3.21. The second kappa shape index (κ2) is 5.08. The molecule has 1 saturated heterocycles. The third kappa shape index (κ3) is 3.23. The Labute approximate surface area is 103 Å². The molecule has 1 rings (SSSR count). The Balaban J connectivity index is 2.74. The summed E-state index contributed by atoms with van der Waals surface area (Å²) in [6.45, 7) is 17.1. The highest BCUT2D eigenvalue weighted by atomic mass is 15.2. The van der Waals surface area contributed by atoms with E-state index in [9.17, 15) is 0 Å². The van der Waals surface area contributed by atoms with Crippen LogP contribution in [0.3, 0.4) is 0 Å². The zero-order valence-electron chi connectivity index (χ0n) is 12.3. The second-order valence-electron chi connectivity index (χ2n) is 7.01. The van der Waals surface area contributed by atoms with Crippen LogP contribution in [-0.2, 0) is 0 Å². The molecule has 0 amide bonds. The number of hydrogen-bond acceptors (Lipinski definition) is 1. The summed E-state index contributed by atoms with van der Waals surface area (Å²) in [5.74, 6) is 0.846. The molecule has 0 radical (unpaired) electrons. The fourth-order valence-corrected chi connectivity index (χ4v) is 3.21. The van der Waals surface area contributed by atoms with Gasteiger partial charge in [0.2, 0.25) is 0 Å². The van der Waals surface area contributed by atoms with E-state index in [1.807, 2.05) is 0 Å². The van der Waals surface area contributed by atoms with Gasteiger partial charge >= 0.3 is 0 Å². The maximum atomic E-state index is 2.72. The average molecular weight is 225 g/mol. The number of likely N-dealkylation sites (tertiary alicyclic amines) is 1. The van der Waals surface area contributed by atoms with E-state index in [4.69, 9.17) is 0 Å². The van der Waals surface area contributed by atoms with E-state index in [0.717, 1.165) is 5.92 Å². The molecule has 1 unspecified atom stereocenters. The molecule has 1 atom stereocenters. The standard InChI is InChI=1S/C15H31N/c1-7-8-10-16-11-9-13(2)14(3,4)12-15(16,5)6/h13H,7-12H2,1-6H3. The van der Waals surface area contributed by atoms with Crippen LogP contribution in [0.2, 0.25) is 0 Å². The molecule has 0 aromatic carbocycles. The summed E-state index contributed by atoms with van der Waals surface area (Å²) >= 11 is 0. The maximum Gasteiger partial charge on any atom is 0.0158 e. The lowest BCUT2D eigenvalue weighted by Crippen LogP contribution is -2.45.